The number of nitrogens with zero attached hydrogens (tertiary/aromatic N) is 7. The summed E-state index contributed by atoms with van der Waals surface area (Å²) in [6, 6.07) is 64.4. The van der Waals surface area contributed by atoms with E-state index < -0.39 is 0 Å². The molecule has 0 aliphatic rings. The van der Waals surface area contributed by atoms with Gasteiger partial charge < -0.3 is 4.57 Å². The molecule has 0 N–H and O–H groups in total. The predicted molar refractivity (Wildman–Crippen MR) is 236 cm³/mol. The first-order chi connectivity index (χ1) is 29.1. The molecule has 0 aliphatic heterocycles. The van der Waals surface area contributed by atoms with Crippen LogP contribution in [0.4, 0.5) is 5.69 Å². The molecule has 0 fully saturated rings. The molecule has 274 valence electrons. The van der Waals surface area contributed by atoms with E-state index in [0.29, 0.717) is 22.9 Å². The number of hydrogen-bond donors (Lipinski definition) is 0. The Kier molecular flexibility index (Phi) is 8.80. The molecule has 0 spiro atoms. The second-order valence-corrected chi connectivity index (χ2v) is 14.1. The van der Waals surface area contributed by atoms with E-state index in [1.165, 1.54) is 0 Å². The number of benzene rings is 7. The monoisotopic (exact) mass is 753 g/mol. The minimum Gasteiger partial charge on any atom is -0.310 e. The number of rotatable bonds is 7. The first-order valence-electron chi connectivity index (χ1n) is 19.1. The zero-order valence-corrected chi connectivity index (χ0v) is 31.5. The van der Waals surface area contributed by atoms with Crippen LogP contribution in [-0.4, -0.2) is 24.5 Å². The molecule has 7 nitrogen and oxygen atoms in total. The van der Waals surface area contributed by atoms with Gasteiger partial charge in [0.25, 0.3) is 0 Å². The van der Waals surface area contributed by atoms with E-state index in [2.05, 4.69) is 76.1 Å². The molecule has 3 aromatic heterocycles. The van der Waals surface area contributed by atoms with E-state index in [-0.39, 0.29) is 0 Å². The van der Waals surface area contributed by atoms with Gasteiger partial charge >= 0.3 is 0 Å². The van der Waals surface area contributed by atoms with Crippen LogP contribution in [0.15, 0.2) is 188 Å². The molecule has 0 saturated carbocycles. The molecular formula is C52H31N7. The van der Waals surface area contributed by atoms with E-state index in [1.54, 1.807) is 0 Å². The molecule has 0 atom stereocenters. The Hall–Kier alpha value is -8.52. The lowest BCUT2D eigenvalue weighted by molar-refractivity contribution is 1.13. The summed E-state index contributed by atoms with van der Waals surface area (Å²) >= 11 is 0. The van der Waals surface area contributed by atoms with Gasteiger partial charge in [-0.2, -0.15) is 5.26 Å². The van der Waals surface area contributed by atoms with Crippen molar-refractivity contribution in [2.75, 3.05) is 0 Å². The van der Waals surface area contributed by atoms with Crippen LogP contribution in [0.1, 0.15) is 5.56 Å². The van der Waals surface area contributed by atoms with E-state index in [9.17, 15) is 5.26 Å². The highest BCUT2D eigenvalue weighted by Crippen LogP contribution is 2.40. The predicted octanol–water partition coefficient (Wildman–Crippen LogP) is 12.8. The Morgan fingerprint density at radius 2 is 0.898 bits per heavy atom. The highest BCUT2D eigenvalue weighted by molar-refractivity contribution is 6.11. The van der Waals surface area contributed by atoms with Gasteiger partial charge in [0, 0.05) is 49.7 Å². The van der Waals surface area contributed by atoms with Crippen molar-refractivity contribution in [2.24, 2.45) is 0 Å². The van der Waals surface area contributed by atoms with Crippen molar-refractivity contribution in [3.8, 4) is 79.6 Å². The first-order valence-corrected chi connectivity index (χ1v) is 19.1. The lowest BCUT2D eigenvalue weighted by atomic mass is 10.0. The Labute approximate surface area is 340 Å². The van der Waals surface area contributed by atoms with Crippen molar-refractivity contribution in [3.05, 3.63) is 205 Å². The van der Waals surface area contributed by atoms with Crippen molar-refractivity contribution >= 4 is 27.5 Å². The van der Waals surface area contributed by atoms with Crippen LogP contribution in [-0.2, 0) is 0 Å². The molecule has 10 aromatic rings. The van der Waals surface area contributed by atoms with Crippen LogP contribution >= 0.6 is 0 Å². The number of fused-ring (bicyclic) bond motifs is 3. The van der Waals surface area contributed by atoms with Crippen LogP contribution in [0.3, 0.4) is 0 Å². The van der Waals surface area contributed by atoms with E-state index in [4.69, 9.17) is 26.5 Å². The van der Waals surface area contributed by atoms with Crippen LogP contribution in [0.5, 0.6) is 0 Å². The van der Waals surface area contributed by atoms with Crippen LogP contribution < -0.4 is 0 Å². The molecule has 0 unspecified atom stereocenters. The van der Waals surface area contributed by atoms with Gasteiger partial charge in [-0.05, 0) is 48.5 Å². The van der Waals surface area contributed by atoms with Gasteiger partial charge in [0.15, 0.2) is 17.3 Å². The van der Waals surface area contributed by atoms with Gasteiger partial charge in [-0.15, -0.1) is 0 Å². The van der Waals surface area contributed by atoms with Crippen molar-refractivity contribution in [3.63, 3.8) is 0 Å². The Balaban J connectivity index is 1.30. The van der Waals surface area contributed by atoms with Crippen LogP contribution in [0, 0.1) is 17.9 Å². The standard InChI is InChI=1S/C52H31N7/c1-54-40-24-26-42-41-25-22-34(33-53)28-49(41)59(50(42)30-40)48-27-23-39(51-55-44(35-14-6-2-7-15-35)31-45(56-51)36-16-8-3-9-17-36)29-43(48)52-57-46(37-18-10-4-11-19-37)32-47(58-52)38-20-12-5-13-21-38/h2-32H. The zero-order chi connectivity index (χ0) is 39.7. The number of nitriles is 1. The molecule has 0 bridgehead atoms. The summed E-state index contributed by atoms with van der Waals surface area (Å²) in [4.78, 5) is 24.7. The van der Waals surface area contributed by atoms with Crippen molar-refractivity contribution in [1.82, 2.24) is 24.5 Å². The molecule has 0 saturated heterocycles. The zero-order valence-electron chi connectivity index (χ0n) is 31.5. The molecular weight excluding hydrogens is 723 g/mol. The molecule has 7 aromatic carbocycles. The van der Waals surface area contributed by atoms with Gasteiger partial charge in [-0.25, -0.2) is 24.8 Å². The Bertz CT molecular complexity index is 3090. The highest BCUT2D eigenvalue weighted by atomic mass is 15.0. The SMILES string of the molecule is [C-]#[N+]c1ccc2c3ccc(C#N)cc3n(-c3ccc(-c4nc(-c5ccccc5)cc(-c5ccccc5)n4)cc3-c3nc(-c4ccccc4)cc(-c4ccccc4)n3)c2c1. The van der Waals surface area contributed by atoms with E-state index in [1.807, 2.05) is 127 Å². The number of aromatic nitrogens is 5. The lowest BCUT2D eigenvalue weighted by Crippen LogP contribution is -2.03. The van der Waals surface area contributed by atoms with Crippen LogP contribution in [0.25, 0.3) is 100 Å². The average molecular weight is 754 g/mol. The molecule has 10 rings (SSSR count). The highest BCUT2D eigenvalue weighted by Gasteiger charge is 2.22. The minimum absolute atomic E-state index is 0.498. The second kappa shape index (κ2) is 14.9. The summed E-state index contributed by atoms with van der Waals surface area (Å²) in [6.45, 7) is 7.90. The smallest absolute Gasteiger partial charge is 0.189 e. The van der Waals surface area contributed by atoms with E-state index in [0.717, 1.165) is 83.6 Å². The average Bonchev–Trinajstić information content (AvgIpc) is 3.64. The molecule has 59 heavy (non-hydrogen) atoms. The molecule has 0 amide bonds. The summed E-state index contributed by atoms with van der Waals surface area (Å²) in [5.41, 5.74) is 12.0. The first kappa shape index (κ1) is 34.9. The summed E-state index contributed by atoms with van der Waals surface area (Å²) in [5.74, 6) is 1.04. The largest absolute Gasteiger partial charge is 0.310 e. The normalized spacial score (nSPS) is 11.0. The third-order valence-electron chi connectivity index (χ3n) is 10.5. The van der Waals surface area contributed by atoms with Gasteiger partial charge in [0.05, 0.1) is 52.2 Å². The third-order valence-corrected chi connectivity index (χ3v) is 10.5. The van der Waals surface area contributed by atoms with Gasteiger partial charge in [0.1, 0.15) is 0 Å². The topological polar surface area (TPSA) is 84.6 Å². The Morgan fingerprint density at radius 3 is 1.37 bits per heavy atom. The fraction of sp³-hybridized carbons (Fsp3) is 0. The fourth-order valence-electron chi connectivity index (χ4n) is 7.63. The summed E-state index contributed by atoms with van der Waals surface area (Å²) in [5, 5.41) is 12.0. The summed E-state index contributed by atoms with van der Waals surface area (Å²) in [7, 11) is 0. The molecule has 0 aliphatic carbocycles. The van der Waals surface area contributed by atoms with Gasteiger partial charge in [-0.3, -0.25) is 0 Å². The van der Waals surface area contributed by atoms with Gasteiger partial charge in [-0.1, -0.05) is 140 Å². The van der Waals surface area contributed by atoms with Crippen molar-refractivity contribution in [2.45, 2.75) is 0 Å². The van der Waals surface area contributed by atoms with Gasteiger partial charge in [0.2, 0.25) is 0 Å². The maximum atomic E-state index is 10.1. The Morgan fingerprint density at radius 1 is 0.441 bits per heavy atom. The number of hydrogen-bond acceptors (Lipinski definition) is 5. The summed E-state index contributed by atoms with van der Waals surface area (Å²) in [6.07, 6.45) is 0. The summed E-state index contributed by atoms with van der Waals surface area (Å²) < 4.78 is 2.12. The quantitative estimate of drug-likeness (QED) is 0.151. The lowest BCUT2D eigenvalue weighted by Gasteiger charge is -2.17. The van der Waals surface area contributed by atoms with Crippen LogP contribution in [0.2, 0.25) is 0 Å². The fourth-order valence-corrected chi connectivity index (χ4v) is 7.63. The molecule has 3 heterocycles. The minimum atomic E-state index is 0.498. The molecule has 7 heteroatoms. The molecule has 0 radical (unpaired) electrons. The van der Waals surface area contributed by atoms with Crippen molar-refractivity contribution < 1.29 is 0 Å². The maximum absolute atomic E-state index is 10.1. The van der Waals surface area contributed by atoms with Crippen molar-refractivity contribution in [1.29, 1.82) is 5.26 Å². The maximum Gasteiger partial charge on any atom is 0.189 e. The van der Waals surface area contributed by atoms with E-state index >= 15 is 0 Å². The second-order valence-electron chi connectivity index (χ2n) is 14.1. The third kappa shape index (κ3) is 6.55.